The van der Waals surface area contributed by atoms with Crippen molar-refractivity contribution in [3.63, 3.8) is 0 Å². The van der Waals surface area contributed by atoms with E-state index in [9.17, 15) is 9.59 Å². The van der Waals surface area contributed by atoms with Gasteiger partial charge < -0.3 is 10.1 Å². The van der Waals surface area contributed by atoms with E-state index < -0.39 is 11.7 Å². The largest absolute Gasteiger partial charge is 0.444 e. The molecule has 0 saturated carbocycles. The molecule has 1 N–H and O–H groups in total. The first-order valence-corrected chi connectivity index (χ1v) is 7.71. The van der Waals surface area contributed by atoms with Crippen LogP contribution in [0.1, 0.15) is 45.2 Å². The van der Waals surface area contributed by atoms with Gasteiger partial charge in [0.05, 0.1) is 0 Å². The third-order valence-corrected chi connectivity index (χ3v) is 3.34. The predicted molar refractivity (Wildman–Crippen MR) is 88.3 cm³/mol. The van der Waals surface area contributed by atoms with Gasteiger partial charge in [-0.05, 0) is 51.8 Å². The number of benzene rings is 1. The average Bonchev–Trinajstić information content (AvgIpc) is 2.30. The minimum atomic E-state index is -0.547. The highest BCUT2D eigenvalue weighted by molar-refractivity contribution is 6.31. The van der Waals surface area contributed by atoms with E-state index in [4.69, 9.17) is 16.3 Å². The number of carbonyl (C=O) groups is 2. The molecule has 1 aromatic rings. The summed E-state index contributed by atoms with van der Waals surface area (Å²) >= 11 is 5.97. The van der Waals surface area contributed by atoms with Crippen LogP contribution >= 0.6 is 11.6 Å². The Morgan fingerprint density at radius 3 is 2.50 bits per heavy atom. The maximum absolute atomic E-state index is 12.1. The van der Waals surface area contributed by atoms with Gasteiger partial charge >= 0.3 is 6.09 Å². The number of halogens is 1. The molecule has 4 nitrogen and oxygen atoms in total. The number of alkyl carbamates (subject to hydrolysis) is 1. The van der Waals surface area contributed by atoms with Crippen molar-refractivity contribution in [1.82, 2.24) is 5.32 Å². The molecule has 0 radical (unpaired) electrons. The normalized spacial score (nSPS) is 12.6. The molecule has 0 aliphatic rings. The molecule has 0 saturated heterocycles. The van der Waals surface area contributed by atoms with Crippen molar-refractivity contribution in [3.05, 3.63) is 34.3 Å². The zero-order valence-electron chi connectivity index (χ0n) is 13.8. The number of Topliss-reactive ketones (excluding diaryl/α,β-unsaturated/α-hetero) is 1. The number of rotatable bonds is 5. The van der Waals surface area contributed by atoms with Gasteiger partial charge in [0, 0.05) is 23.9 Å². The van der Waals surface area contributed by atoms with Crippen LogP contribution in [0.3, 0.4) is 0 Å². The van der Waals surface area contributed by atoms with Crippen molar-refractivity contribution in [1.29, 1.82) is 0 Å². The average molecular weight is 326 g/mol. The molecule has 5 heteroatoms. The van der Waals surface area contributed by atoms with Crippen LogP contribution in [0, 0.1) is 6.92 Å². The van der Waals surface area contributed by atoms with Gasteiger partial charge in [0.15, 0.2) is 0 Å². The van der Waals surface area contributed by atoms with Crippen LogP contribution in [-0.4, -0.2) is 23.5 Å². The molecule has 0 aliphatic heterocycles. The SMILES string of the molecule is Cc1cc(CC(=O)C[C@H](C)NC(=O)OC(C)(C)C)ccc1Cl. The van der Waals surface area contributed by atoms with Crippen LogP contribution < -0.4 is 5.32 Å². The Kier molecular flexibility index (Phi) is 6.42. The predicted octanol–water partition coefficient (Wildman–Crippen LogP) is 4.06. The number of ether oxygens (including phenoxy) is 1. The standard InChI is InChI=1S/C17H24ClNO3/c1-11-8-13(6-7-15(11)18)10-14(20)9-12(2)19-16(21)22-17(3,4)5/h6-8,12H,9-10H2,1-5H3,(H,19,21)/t12-/m0/s1. The fourth-order valence-electron chi connectivity index (χ4n) is 2.02. The van der Waals surface area contributed by atoms with Crippen LogP contribution in [0.25, 0.3) is 0 Å². The summed E-state index contributed by atoms with van der Waals surface area (Å²) < 4.78 is 5.16. The lowest BCUT2D eigenvalue weighted by Crippen LogP contribution is -2.38. The molecule has 0 aromatic heterocycles. The Labute approximate surface area is 137 Å². The highest BCUT2D eigenvalue weighted by Gasteiger charge is 2.19. The van der Waals surface area contributed by atoms with E-state index in [-0.39, 0.29) is 18.2 Å². The molecule has 0 fully saturated rings. The molecule has 0 bridgehead atoms. The lowest BCUT2D eigenvalue weighted by atomic mass is 10.0. The molecular formula is C17H24ClNO3. The minimum absolute atomic E-state index is 0.0604. The summed E-state index contributed by atoms with van der Waals surface area (Å²) in [6, 6.07) is 5.28. The maximum Gasteiger partial charge on any atom is 0.407 e. The Morgan fingerprint density at radius 1 is 1.32 bits per heavy atom. The second kappa shape index (κ2) is 7.63. The number of amides is 1. The monoisotopic (exact) mass is 325 g/mol. The Balaban J connectivity index is 2.47. The molecule has 1 aromatic carbocycles. The summed E-state index contributed by atoms with van der Waals surface area (Å²) in [5.41, 5.74) is 1.33. The second-order valence-electron chi connectivity index (χ2n) is 6.55. The van der Waals surface area contributed by atoms with Gasteiger partial charge in [0.2, 0.25) is 0 Å². The van der Waals surface area contributed by atoms with E-state index in [1.807, 2.05) is 19.1 Å². The molecular weight excluding hydrogens is 302 g/mol. The first-order valence-electron chi connectivity index (χ1n) is 7.33. The highest BCUT2D eigenvalue weighted by Crippen LogP contribution is 2.17. The summed E-state index contributed by atoms with van der Waals surface area (Å²) in [4.78, 5) is 23.7. The molecule has 0 aliphatic carbocycles. The van der Waals surface area contributed by atoms with Crippen molar-refractivity contribution in [3.8, 4) is 0 Å². The summed E-state index contributed by atoms with van der Waals surface area (Å²) in [5, 5.41) is 3.36. The van der Waals surface area contributed by atoms with Crippen molar-refractivity contribution in [2.24, 2.45) is 0 Å². The minimum Gasteiger partial charge on any atom is -0.444 e. The van der Waals surface area contributed by atoms with Crippen LogP contribution in [0.2, 0.25) is 5.02 Å². The van der Waals surface area contributed by atoms with Crippen LogP contribution in [0.4, 0.5) is 4.79 Å². The van der Waals surface area contributed by atoms with Crippen molar-refractivity contribution in [2.75, 3.05) is 0 Å². The molecule has 1 atom stereocenters. The van der Waals surface area contributed by atoms with Crippen molar-refractivity contribution >= 4 is 23.5 Å². The van der Waals surface area contributed by atoms with Gasteiger partial charge in [-0.15, -0.1) is 0 Å². The van der Waals surface area contributed by atoms with E-state index in [1.165, 1.54) is 0 Å². The third-order valence-electron chi connectivity index (χ3n) is 2.92. The number of hydrogen-bond acceptors (Lipinski definition) is 3. The summed E-state index contributed by atoms with van der Waals surface area (Å²) in [6.45, 7) is 9.08. The van der Waals surface area contributed by atoms with E-state index in [0.717, 1.165) is 11.1 Å². The van der Waals surface area contributed by atoms with Crippen LogP contribution in [0.15, 0.2) is 18.2 Å². The molecule has 22 heavy (non-hydrogen) atoms. The maximum atomic E-state index is 12.1. The molecule has 1 amide bonds. The zero-order valence-corrected chi connectivity index (χ0v) is 14.6. The highest BCUT2D eigenvalue weighted by atomic mass is 35.5. The van der Waals surface area contributed by atoms with E-state index in [2.05, 4.69) is 5.32 Å². The van der Waals surface area contributed by atoms with Gasteiger partial charge in [-0.25, -0.2) is 4.79 Å². The first kappa shape index (κ1) is 18.5. The number of hydrogen-bond donors (Lipinski definition) is 1. The lowest BCUT2D eigenvalue weighted by Gasteiger charge is -2.21. The summed E-state index contributed by atoms with van der Waals surface area (Å²) in [5.74, 6) is 0.0604. The van der Waals surface area contributed by atoms with Crippen molar-refractivity contribution in [2.45, 2.75) is 59.1 Å². The topological polar surface area (TPSA) is 55.4 Å². The van der Waals surface area contributed by atoms with Gasteiger partial charge in [0.25, 0.3) is 0 Å². The Bertz CT molecular complexity index is 549. The van der Waals surface area contributed by atoms with E-state index in [0.29, 0.717) is 11.4 Å². The number of nitrogens with one attached hydrogen (secondary N) is 1. The Morgan fingerprint density at radius 2 is 1.95 bits per heavy atom. The van der Waals surface area contributed by atoms with Gasteiger partial charge in [-0.2, -0.15) is 0 Å². The second-order valence-corrected chi connectivity index (χ2v) is 6.96. The van der Waals surface area contributed by atoms with E-state index in [1.54, 1.807) is 33.8 Å². The first-order chi connectivity index (χ1) is 10.1. The summed E-state index contributed by atoms with van der Waals surface area (Å²) in [6.07, 6.45) is 0.0920. The number of ketones is 1. The molecule has 0 spiro atoms. The molecule has 1 rings (SSSR count). The summed E-state index contributed by atoms with van der Waals surface area (Å²) in [7, 11) is 0. The number of carbonyl (C=O) groups excluding carboxylic acids is 2. The van der Waals surface area contributed by atoms with E-state index >= 15 is 0 Å². The molecule has 0 heterocycles. The van der Waals surface area contributed by atoms with Gasteiger partial charge in [-0.3, -0.25) is 4.79 Å². The van der Waals surface area contributed by atoms with Gasteiger partial charge in [-0.1, -0.05) is 23.7 Å². The van der Waals surface area contributed by atoms with Crippen molar-refractivity contribution < 1.29 is 14.3 Å². The zero-order chi connectivity index (χ0) is 16.9. The fraction of sp³-hybridized carbons (Fsp3) is 0.529. The molecule has 0 unspecified atom stereocenters. The smallest absolute Gasteiger partial charge is 0.407 e. The quantitative estimate of drug-likeness (QED) is 0.888. The van der Waals surface area contributed by atoms with Crippen LogP contribution in [-0.2, 0) is 16.0 Å². The fourth-order valence-corrected chi connectivity index (χ4v) is 2.14. The third kappa shape index (κ3) is 6.94. The number of aryl methyl sites for hydroxylation is 1. The molecule has 122 valence electrons. The van der Waals surface area contributed by atoms with Gasteiger partial charge in [0.1, 0.15) is 11.4 Å². The van der Waals surface area contributed by atoms with Crippen LogP contribution in [0.5, 0.6) is 0 Å². The Hall–Kier alpha value is -1.55. The lowest BCUT2D eigenvalue weighted by molar-refractivity contribution is -0.118.